The summed E-state index contributed by atoms with van der Waals surface area (Å²) in [7, 11) is 5.55. The van der Waals surface area contributed by atoms with E-state index >= 15 is 0 Å². The summed E-state index contributed by atoms with van der Waals surface area (Å²) in [6, 6.07) is 7.57. The number of hydrogen-bond acceptors (Lipinski definition) is 10. The number of carbonyl (C=O) groups excluding carboxylic acids is 1. The minimum Gasteiger partial charge on any atom is -0.477 e. The summed E-state index contributed by atoms with van der Waals surface area (Å²) in [5.41, 5.74) is 3.48. The largest absolute Gasteiger partial charge is 0.477 e. The van der Waals surface area contributed by atoms with Gasteiger partial charge in [0.25, 0.3) is 16.7 Å². The van der Waals surface area contributed by atoms with Crippen LogP contribution in [-0.4, -0.2) is 130 Å². The van der Waals surface area contributed by atoms with E-state index in [0.717, 1.165) is 13.1 Å². The molecule has 3 aliphatic heterocycles. The summed E-state index contributed by atoms with van der Waals surface area (Å²) in [4.78, 5) is 64.6. The SMILES string of the molecule is CN1CCC(n2cccc(C(=O)O)c2=O)[C@H](F)C1.CN1CCC(n2cccc(N)c2=O)[C@H](F)C1.CN1CCC(n2cccc(NC(=O)OC(C)(C)C)c2=O)[C@H](F)C1. The first-order valence-electron chi connectivity index (χ1n) is 18.9. The van der Waals surface area contributed by atoms with Gasteiger partial charge in [0.1, 0.15) is 35.4 Å². The Morgan fingerprint density at radius 2 is 1.11 bits per heavy atom. The van der Waals surface area contributed by atoms with Crippen LogP contribution in [0.4, 0.5) is 29.3 Å². The zero-order valence-electron chi connectivity index (χ0n) is 33.3. The number of amides is 1. The van der Waals surface area contributed by atoms with Crippen LogP contribution in [0, 0.1) is 0 Å². The van der Waals surface area contributed by atoms with Gasteiger partial charge in [-0.1, -0.05) is 0 Å². The number of nitrogens with two attached hydrogens (primary N) is 1. The average molecular weight is 805 g/mol. The van der Waals surface area contributed by atoms with Crippen molar-refractivity contribution in [1.29, 1.82) is 0 Å². The number of anilines is 2. The molecule has 314 valence electrons. The number of nitrogens with zero attached hydrogens (tertiary/aromatic N) is 6. The molecular formula is C39H55F3N8O7. The van der Waals surface area contributed by atoms with Crippen LogP contribution in [-0.2, 0) is 4.74 Å². The van der Waals surface area contributed by atoms with Crippen molar-refractivity contribution < 1.29 is 32.6 Å². The summed E-state index contributed by atoms with van der Waals surface area (Å²) in [6.45, 7) is 8.34. The number of halogens is 3. The molecule has 3 aromatic heterocycles. The molecule has 0 aromatic carbocycles. The number of alkyl halides is 3. The van der Waals surface area contributed by atoms with Gasteiger partial charge in [0.15, 0.2) is 0 Å². The van der Waals surface area contributed by atoms with Crippen LogP contribution < -0.4 is 27.7 Å². The topological polar surface area (TPSA) is 177 Å². The predicted octanol–water partition coefficient (Wildman–Crippen LogP) is 3.82. The number of carboxylic acid groups (broad SMARTS) is 1. The van der Waals surface area contributed by atoms with Crippen LogP contribution in [0.25, 0.3) is 0 Å². The van der Waals surface area contributed by atoms with Crippen molar-refractivity contribution in [2.75, 3.05) is 71.5 Å². The fraction of sp³-hybridized carbons (Fsp3) is 0.564. The van der Waals surface area contributed by atoms with Crippen molar-refractivity contribution in [3.8, 4) is 0 Å². The minimum atomic E-state index is -1.28. The van der Waals surface area contributed by atoms with Gasteiger partial charge in [-0.3, -0.25) is 19.7 Å². The molecule has 3 unspecified atom stereocenters. The second-order valence-electron chi connectivity index (χ2n) is 15.8. The molecular weight excluding hydrogens is 749 g/mol. The molecule has 3 saturated heterocycles. The van der Waals surface area contributed by atoms with Crippen molar-refractivity contribution in [3.63, 3.8) is 0 Å². The van der Waals surface area contributed by atoms with E-state index in [1.54, 1.807) is 51.4 Å². The standard InChI is InChI=1S/C16H24FN3O3.C12H15FN2O3.C11H16FN3O/c1-16(2,3)23-15(22)18-12-6-5-8-20(14(12)21)13-7-9-19(4)10-11(13)17;1-14-6-4-10(9(13)7-14)15-5-2-3-8(11(15)16)12(17)18;1-14-6-4-10(8(12)7-14)15-5-2-3-9(13)11(15)16/h5-6,8,11,13H,7,9-10H2,1-4H3,(H,18,22);2-3,5,9-10H,4,6-7H2,1H3,(H,17,18);2-3,5,8,10H,4,6-7,13H2,1H3/t11-,13?;9-,10?;8-,10?/m111/s1. The van der Waals surface area contributed by atoms with Crippen LogP contribution in [0.2, 0.25) is 0 Å². The van der Waals surface area contributed by atoms with E-state index in [4.69, 9.17) is 15.6 Å². The molecule has 6 rings (SSSR count). The lowest BCUT2D eigenvalue weighted by atomic mass is 10.0. The normalized spacial score (nSPS) is 24.6. The molecule has 18 heteroatoms. The van der Waals surface area contributed by atoms with Crippen molar-refractivity contribution in [3.05, 3.63) is 91.6 Å². The van der Waals surface area contributed by atoms with E-state index in [-0.39, 0.29) is 35.1 Å². The number of ether oxygens (including phenoxy) is 1. The Labute approximate surface area is 329 Å². The van der Waals surface area contributed by atoms with Gasteiger partial charge in [0.05, 0.1) is 23.8 Å². The number of rotatable bonds is 5. The molecule has 0 radical (unpaired) electrons. The van der Waals surface area contributed by atoms with Gasteiger partial charge in [-0.2, -0.15) is 0 Å². The summed E-state index contributed by atoms with van der Waals surface area (Å²) in [5.74, 6) is -1.28. The number of piperidine rings is 3. The fourth-order valence-electron chi connectivity index (χ4n) is 7.08. The smallest absolute Gasteiger partial charge is 0.412 e. The first-order chi connectivity index (χ1) is 26.8. The highest BCUT2D eigenvalue weighted by molar-refractivity contribution is 5.87. The molecule has 0 bridgehead atoms. The van der Waals surface area contributed by atoms with Crippen LogP contribution >= 0.6 is 0 Å². The van der Waals surface area contributed by atoms with Gasteiger partial charge in [-0.25, -0.2) is 22.8 Å². The van der Waals surface area contributed by atoms with Crippen molar-refractivity contribution in [2.24, 2.45) is 0 Å². The zero-order valence-corrected chi connectivity index (χ0v) is 33.3. The lowest BCUT2D eigenvalue weighted by molar-refractivity contribution is 0.0633. The monoisotopic (exact) mass is 804 g/mol. The maximum absolute atomic E-state index is 14.3. The van der Waals surface area contributed by atoms with E-state index in [9.17, 15) is 37.1 Å². The highest BCUT2D eigenvalue weighted by Crippen LogP contribution is 2.26. The van der Waals surface area contributed by atoms with Crippen LogP contribution in [0.3, 0.4) is 0 Å². The summed E-state index contributed by atoms with van der Waals surface area (Å²) < 4.78 is 51.2. The third-order valence-corrected chi connectivity index (χ3v) is 10.0. The number of nitrogen functional groups attached to an aromatic ring is 1. The number of hydrogen-bond donors (Lipinski definition) is 3. The second kappa shape index (κ2) is 19.5. The quantitative estimate of drug-likeness (QED) is 0.342. The molecule has 0 aliphatic carbocycles. The molecule has 0 saturated carbocycles. The van der Waals surface area contributed by atoms with Crippen molar-refractivity contribution in [1.82, 2.24) is 28.4 Å². The first kappa shape index (κ1) is 44.8. The third kappa shape index (κ3) is 12.0. The number of aromatic nitrogens is 3. The zero-order chi connectivity index (χ0) is 42.2. The highest BCUT2D eigenvalue weighted by atomic mass is 19.1. The van der Waals surface area contributed by atoms with E-state index in [1.807, 2.05) is 35.8 Å². The van der Waals surface area contributed by atoms with Crippen LogP contribution in [0.15, 0.2) is 69.4 Å². The number of pyridine rings is 3. The minimum absolute atomic E-state index is 0.0906. The van der Waals surface area contributed by atoms with Crippen LogP contribution in [0.5, 0.6) is 0 Å². The van der Waals surface area contributed by atoms with E-state index in [1.165, 1.54) is 38.1 Å². The van der Waals surface area contributed by atoms with Crippen molar-refractivity contribution >= 4 is 23.4 Å². The van der Waals surface area contributed by atoms with Gasteiger partial charge in [-0.05, 0) is 97.6 Å². The molecule has 6 heterocycles. The fourth-order valence-corrected chi connectivity index (χ4v) is 7.08. The van der Waals surface area contributed by atoms with Crippen LogP contribution in [0.1, 0.15) is 68.5 Å². The summed E-state index contributed by atoms with van der Waals surface area (Å²) in [6.07, 6.45) is 2.32. The Morgan fingerprint density at radius 3 is 1.53 bits per heavy atom. The Bertz CT molecular complexity index is 2020. The van der Waals surface area contributed by atoms with Gasteiger partial charge in [-0.15, -0.1) is 0 Å². The maximum Gasteiger partial charge on any atom is 0.412 e. The van der Waals surface area contributed by atoms with Gasteiger partial charge in [0.2, 0.25) is 0 Å². The molecule has 0 spiro atoms. The summed E-state index contributed by atoms with van der Waals surface area (Å²) >= 11 is 0. The average Bonchev–Trinajstić information content (AvgIpc) is 3.11. The molecule has 3 aliphatic rings. The number of aromatic carboxylic acids is 1. The molecule has 15 nitrogen and oxygen atoms in total. The number of carbonyl (C=O) groups is 2. The second-order valence-corrected chi connectivity index (χ2v) is 15.8. The molecule has 3 aromatic rings. The Kier molecular flexibility index (Phi) is 15.3. The highest BCUT2D eigenvalue weighted by Gasteiger charge is 2.32. The number of likely N-dealkylation sites (tertiary alicyclic amines) is 3. The van der Waals surface area contributed by atoms with Gasteiger partial charge >= 0.3 is 12.1 Å². The van der Waals surface area contributed by atoms with E-state index in [0.29, 0.717) is 38.9 Å². The van der Waals surface area contributed by atoms with Crippen molar-refractivity contribution in [2.45, 2.75) is 82.3 Å². The Balaban J connectivity index is 0.000000193. The lowest BCUT2D eigenvalue weighted by Gasteiger charge is -2.33. The molecule has 1 amide bonds. The Morgan fingerprint density at radius 1 is 0.702 bits per heavy atom. The number of nitrogens with one attached hydrogen (secondary N) is 1. The molecule has 4 N–H and O–H groups in total. The predicted molar refractivity (Wildman–Crippen MR) is 211 cm³/mol. The maximum atomic E-state index is 14.3. The van der Waals surface area contributed by atoms with E-state index in [2.05, 4.69) is 5.32 Å². The van der Waals surface area contributed by atoms with Gasteiger partial charge in [0, 0.05) is 57.9 Å². The third-order valence-electron chi connectivity index (χ3n) is 10.0. The first-order valence-corrected chi connectivity index (χ1v) is 18.9. The molecule has 6 atom stereocenters. The van der Waals surface area contributed by atoms with Gasteiger partial charge < -0.3 is 44.0 Å². The molecule has 3 fully saturated rings. The Hall–Kier alpha value is -4.94. The molecule has 57 heavy (non-hydrogen) atoms. The van der Waals surface area contributed by atoms with E-state index < -0.39 is 59.4 Å². The summed E-state index contributed by atoms with van der Waals surface area (Å²) in [5, 5.41) is 11.3. The number of carboxylic acids is 1. The lowest BCUT2D eigenvalue weighted by Crippen LogP contribution is -2.43.